The van der Waals surface area contributed by atoms with E-state index in [9.17, 15) is 8.42 Å². The number of benzene rings is 1. The first kappa shape index (κ1) is 14.0. The number of rotatable bonds is 5. The van der Waals surface area contributed by atoms with Crippen molar-refractivity contribution in [2.24, 2.45) is 0 Å². The molecule has 0 spiro atoms. The van der Waals surface area contributed by atoms with Crippen LogP contribution < -0.4 is 4.72 Å². The monoisotopic (exact) mass is 331 g/mol. The fourth-order valence-corrected chi connectivity index (χ4v) is 4.43. The van der Waals surface area contributed by atoms with Gasteiger partial charge in [-0.05, 0) is 48.9 Å². The van der Waals surface area contributed by atoms with Crippen LogP contribution in [0.1, 0.15) is 30.9 Å². The van der Waals surface area contributed by atoms with E-state index >= 15 is 0 Å². The number of nitrogens with one attached hydrogen (secondary N) is 1. The second kappa shape index (κ2) is 5.72. The van der Waals surface area contributed by atoms with Crippen LogP contribution >= 0.6 is 15.9 Å². The van der Waals surface area contributed by atoms with Gasteiger partial charge in [-0.1, -0.05) is 28.9 Å². The van der Waals surface area contributed by atoms with E-state index in [2.05, 4.69) is 20.7 Å². The van der Waals surface area contributed by atoms with E-state index in [1.807, 2.05) is 19.1 Å². The summed E-state index contributed by atoms with van der Waals surface area (Å²) in [7, 11) is -3.39. The molecule has 5 heteroatoms. The summed E-state index contributed by atoms with van der Waals surface area (Å²) < 4.78 is 27.2. The molecule has 2 rings (SSSR count). The lowest BCUT2D eigenvalue weighted by atomic mass is 10.1. The summed E-state index contributed by atoms with van der Waals surface area (Å²) in [5.74, 6) is 0. The summed E-state index contributed by atoms with van der Waals surface area (Å²) in [6.45, 7) is 1.97. The lowest BCUT2D eigenvalue weighted by molar-refractivity contribution is 0.559. The van der Waals surface area contributed by atoms with Crippen molar-refractivity contribution in [1.82, 2.24) is 4.72 Å². The summed E-state index contributed by atoms with van der Waals surface area (Å²) in [4.78, 5) is 0.391. The Morgan fingerprint density at radius 3 is 2.72 bits per heavy atom. The highest BCUT2D eigenvalue weighted by atomic mass is 79.9. The molecule has 1 aliphatic rings. The number of aryl methyl sites for hydroxylation is 2. The summed E-state index contributed by atoms with van der Waals surface area (Å²) >= 11 is 3.32. The second-order valence-electron chi connectivity index (χ2n) is 4.66. The minimum atomic E-state index is -3.39. The maximum absolute atomic E-state index is 12.2. The standard InChI is InChI=1S/C13H18BrNO2S/c1-2-12(9-14)15-18(16,17)13-7-6-10-4-3-5-11(10)8-13/h6-8,12,15H,2-5,9H2,1H3. The molecule has 1 N–H and O–H groups in total. The third kappa shape index (κ3) is 2.95. The number of alkyl halides is 1. The van der Waals surface area contributed by atoms with Crippen LogP contribution in [0.2, 0.25) is 0 Å². The average molecular weight is 332 g/mol. The van der Waals surface area contributed by atoms with Gasteiger partial charge in [-0.2, -0.15) is 0 Å². The third-order valence-electron chi connectivity index (χ3n) is 3.38. The molecule has 1 atom stereocenters. The van der Waals surface area contributed by atoms with E-state index in [1.54, 1.807) is 6.07 Å². The van der Waals surface area contributed by atoms with Crippen LogP contribution in [0.4, 0.5) is 0 Å². The van der Waals surface area contributed by atoms with Gasteiger partial charge in [0.05, 0.1) is 4.90 Å². The van der Waals surface area contributed by atoms with Gasteiger partial charge in [0.15, 0.2) is 0 Å². The molecule has 1 unspecified atom stereocenters. The number of hydrogen-bond acceptors (Lipinski definition) is 2. The van der Waals surface area contributed by atoms with Gasteiger partial charge in [-0.3, -0.25) is 0 Å². The minimum absolute atomic E-state index is 0.0525. The van der Waals surface area contributed by atoms with Gasteiger partial charge in [-0.15, -0.1) is 0 Å². The van der Waals surface area contributed by atoms with Crippen LogP contribution in [0.5, 0.6) is 0 Å². The second-order valence-corrected chi connectivity index (χ2v) is 7.03. The van der Waals surface area contributed by atoms with Gasteiger partial charge >= 0.3 is 0 Å². The zero-order valence-corrected chi connectivity index (χ0v) is 12.9. The zero-order valence-electron chi connectivity index (χ0n) is 10.4. The van der Waals surface area contributed by atoms with Crippen molar-refractivity contribution in [3.63, 3.8) is 0 Å². The van der Waals surface area contributed by atoms with Crippen LogP contribution in [-0.2, 0) is 22.9 Å². The zero-order chi connectivity index (χ0) is 13.2. The van der Waals surface area contributed by atoms with Crippen LogP contribution in [-0.4, -0.2) is 19.8 Å². The molecule has 100 valence electrons. The van der Waals surface area contributed by atoms with Crippen molar-refractivity contribution in [3.8, 4) is 0 Å². The smallest absolute Gasteiger partial charge is 0.207 e. The fraction of sp³-hybridized carbons (Fsp3) is 0.538. The Balaban J connectivity index is 2.24. The van der Waals surface area contributed by atoms with Crippen LogP contribution in [0.25, 0.3) is 0 Å². The average Bonchev–Trinajstić information content (AvgIpc) is 2.83. The van der Waals surface area contributed by atoms with Gasteiger partial charge in [0.25, 0.3) is 0 Å². The highest BCUT2D eigenvalue weighted by molar-refractivity contribution is 9.09. The first-order valence-electron chi connectivity index (χ1n) is 6.27. The summed E-state index contributed by atoms with van der Waals surface area (Å²) in [6, 6.07) is 5.44. The van der Waals surface area contributed by atoms with Gasteiger partial charge in [0, 0.05) is 11.4 Å². The first-order valence-corrected chi connectivity index (χ1v) is 8.87. The molecule has 0 saturated heterocycles. The van der Waals surface area contributed by atoms with Gasteiger partial charge in [-0.25, -0.2) is 13.1 Å². The third-order valence-corrected chi connectivity index (χ3v) is 5.68. The molecule has 0 amide bonds. The van der Waals surface area contributed by atoms with E-state index < -0.39 is 10.0 Å². The van der Waals surface area contributed by atoms with E-state index in [-0.39, 0.29) is 6.04 Å². The lowest BCUT2D eigenvalue weighted by Gasteiger charge is -2.14. The molecule has 0 bridgehead atoms. The Hall–Kier alpha value is -0.390. The largest absolute Gasteiger partial charge is 0.240 e. The Morgan fingerprint density at radius 2 is 2.06 bits per heavy atom. The van der Waals surface area contributed by atoms with Crippen molar-refractivity contribution in [3.05, 3.63) is 29.3 Å². The summed E-state index contributed by atoms with van der Waals surface area (Å²) in [5.41, 5.74) is 2.48. The molecule has 0 saturated carbocycles. The molecule has 0 radical (unpaired) electrons. The Morgan fingerprint density at radius 1 is 1.33 bits per heavy atom. The van der Waals surface area contributed by atoms with E-state index in [1.165, 1.54) is 11.1 Å². The maximum Gasteiger partial charge on any atom is 0.240 e. The number of halogens is 1. The molecule has 1 aromatic rings. The lowest BCUT2D eigenvalue weighted by Crippen LogP contribution is -2.35. The topological polar surface area (TPSA) is 46.2 Å². The Kier molecular flexibility index (Phi) is 4.45. The molecule has 1 aromatic carbocycles. The summed E-state index contributed by atoms with van der Waals surface area (Å²) in [5, 5.41) is 0.633. The van der Waals surface area contributed by atoms with Crippen molar-refractivity contribution in [2.75, 3.05) is 5.33 Å². The van der Waals surface area contributed by atoms with Crippen LogP contribution in [0.15, 0.2) is 23.1 Å². The quantitative estimate of drug-likeness (QED) is 0.843. The van der Waals surface area contributed by atoms with Crippen molar-refractivity contribution in [1.29, 1.82) is 0 Å². The predicted octanol–water partition coefficient (Wildman–Crippen LogP) is 2.63. The van der Waals surface area contributed by atoms with E-state index in [0.29, 0.717) is 10.2 Å². The highest BCUT2D eigenvalue weighted by Crippen LogP contribution is 2.24. The van der Waals surface area contributed by atoms with Crippen molar-refractivity contribution < 1.29 is 8.42 Å². The van der Waals surface area contributed by atoms with E-state index in [0.717, 1.165) is 25.7 Å². The predicted molar refractivity (Wildman–Crippen MR) is 76.7 cm³/mol. The SMILES string of the molecule is CCC(CBr)NS(=O)(=O)c1ccc2c(c1)CCC2. The summed E-state index contributed by atoms with van der Waals surface area (Å²) in [6.07, 6.45) is 3.97. The van der Waals surface area contributed by atoms with E-state index in [4.69, 9.17) is 0 Å². The number of hydrogen-bond donors (Lipinski definition) is 1. The first-order chi connectivity index (χ1) is 8.56. The molecule has 1 aliphatic carbocycles. The Labute approximate surface area is 117 Å². The highest BCUT2D eigenvalue weighted by Gasteiger charge is 2.20. The molecular formula is C13H18BrNO2S. The maximum atomic E-state index is 12.2. The number of sulfonamides is 1. The van der Waals surface area contributed by atoms with Crippen molar-refractivity contribution >= 4 is 26.0 Å². The minimum Gasteiger partial charge on any atom is -0.207 e. The van der Waals surface area contributed by atoms with Crippen LogP contribution in [0, 0.1) is 0 Å². The molecule has 0 heterocycles. The molecular weight excluding hydrogens is 314 g/mol. The van der Waals surface area contributed by atoms with Crippen LogP contribution in [0.3, 0.4) is 0 Å². The molecule has 0 fully saturated rings. The normalized spacial score (nSPS) is 16.6. The molecule has 18 heavy (non-hydrogen) atoms. The molecule has 3 nitrogen and oxygen atoms in total. The van der Waals surface area contributed by atoms with Gasteiger partial charge < -0.3 is 0 Å². The fourth-order valence-electron chi connectivity index (χ4n) is 2.23. The number of fused-ring (bicyclic) bond motifs is 1. The Bertz CT molecular complexity index is 524. The van der Waals surface area contributed by atoms with Crippen molar-refractivity contribution in [2.45, 2.75) is 43.5 Å². The molecule has 0 aromatic heterocycles. The molecule has 0 aliphatic heterocycles. The van der Waals surface area contributed by atoms with Gasteiger partial charge in [0.1, 0.15) is 0 Å². The van der Waals surface area contributed by atoms with Gasteiger partial charge in [0.2, 0.25) is 10.0 Å².